The molecule has 1 unspecified atom stereocenters. The van der Waals surface area contributed by atoms with Gasteiger partial charge in [0, 0.05) is 43.0 Å². The number of hydrogen-bond donors (Lipinski definition) is 2. The predicted molar refractivity (Wildman–Crippen MR) is 104 cm³/mol. The molecule has 3 rings (SSSR count). The Morgan fingerprint density at radius 2 is 2.22 bits per heavy atom. The van der Waals surface area contributed by atoms with Crippen molar-refractivity contribution in [1.29, 1.82) is 0 Å². The van der Waals surface area contributed by atoms with Gasteiger partial charge in [0.1, 0.15) is 23.7 Å². The van der Waals surface area contributed by atoms with E-state index < -0.39 is 0 Å². The number of amides is 1. The normalized spacial score (nSPS) is 17.6. The van der Waals surface area contributed by atoms with Gasteiger partial charge in [0.25, 0.3) is 0 Å². The molecule has 146 valence electrons. The highest BCUT2D eigenvalue weighted by atomic mass is 19.1. The van der Waals surface area contributed by atoms with E-state index in [2.05, 4.69) is 15.6 Å². The summed E-state index contributed by atoms with van der Waals surface area (Å²) in [6.45, 7) is 8.38. The fourth-order valence-corrected chi connectivity index (χ4v) is 3.39. The second-order valence-electron chi connectivity index (χ2n) is 6.81. The van der Waals surface area contributed by atoms with Crippen molar-refractivity contribution >= 4 is 22.8 Å². The molecule has 7 heteroatoms. The second kappa shape index (κ2) is 8.41. The van der Waals surface area contributed by atoms with E-state index in [-0.39, 0.29) is 17.8 Å². The Bertz CT molecular complexity index is 846. The van der Waals surface area contributed by atoms with Gasteiger partial charge in [-0.1, -0.05) is 6.92 Å². The van der Waals surface area contributed by atoms with Crippen LogP contribution in [0.2, 0.25) is 0 Å². The van der Waals surface area contributed by atoms with Crippen molar-refractivity contribution in [2.75, 3.05) is 19.6 Å². The Hall–Kier alpha value is -2.57. The fraction of sp³-hybridized carbons (Fsp3) is 0.500. The summed E-state index contributed by atoms with van der Waals surface area (Å²) in [7, 11) is 0. The van der Waals surface area contributed by atoms with Crippen LogP contribution >= 0.6 is 0 Å². The monoisotopic (exact) mass is 374 g/mol. The number of aliphatic imine (C=N–C) groups is 1. The van der Waals surface area contributed by atoms with E-state index in [1.807, 2.05) is 25.7 Å². The van der Waals surface area contributed by atoms with Gasteiger partial charge in [-0.2, -0.15) is 0 Å². The molecule has 1 saturated heterocycles. The zero-order valence-electron chi connectivity index (χ0n) is 16.1. The Morgan fingerprint density at radius 3 is 2.96 bits per heavy atom. The number of rotatable bonds is 5. The predicted octanol–water partition coefficient (Wildman–Crippen LogP) is 2.95. The van der Waals surface area contributed by atoms with Crippen molar-refractivity contribution in [3.8, 4) is 0 Å². The number of likely N-dealkylation sites (tertiary alicyclic amines) is 1. The maximum absolute atomic E-state index is 13.5. The topological polar surface area (TPSA) is 69.9 Å². The van der Waals surface area contributed by atoms with Crippen LogP contribution in [-0.4, -0.2) is 42.4 Å². The summed E-state index contributed by atoms with van der Waals surface area (Å²) in [4.78, 5) is 18.3. The highest BCUT2D eigenvalue weighted by molar-refractivity contribution is 5.83. The van der Waals surface area contributed by atoms with Gasteiger partial charge in [-0.15, -0.1) is 0 Å². The minimum absolute atomic E-state index is 0.184. The number of benzene rings is 1. The van der Waals surface area contributed by atoms with Crippen LogP contribution in [0.25, 0.3) is 11.0 Å². The van der Waals surface area contributed by atoms with Gasteiger partial charge in [0.15, 0.2) is 5.96 Å². The highest BCUT2D eigenvalue weighted by Crippen LogP contribution is 2.26. The van der Waals surface area contributed by atoms with Crippen molar-refractivity contribution < 1.29 is 13.6 Å². The van der Waals surface area contributed by atoms with Crippen LogP contribution in [-0.2, 0) is 11.3 Å². The lowest BCUT2D eigenvalue weighted by Crippen LogP contribution is -2.45. The minimum Gasteiger partial charge on any atom is -0.459 e. The third-order valence-corrected chi connectivity index (χ3v) is 4.91. The van der Waals surface area contributed by atoms with Crippen molar-refractivity contribution in [3.63, 3.8) is 0 Å². The Balaban J connectivity index is 1.69. The third kappa shape index (κ3) is 4.40. The lowest BCUT2D eigenvalue weighted by molar-refractivity contribution is -0.129. The van der Waals surface area contributed by atoms with Gasteiger partial charge in [-0.3, -0.25) is 4.79 Å². The maximum atomic E-state index is 13.5. The summed E-state index contributed by atoms with van der Waals surface area (Å²) in [5.74, 6) is 1.33. The van der Waals surface area contributed by atoms with Gasteiger partial charge in [0.2, 0.25) is 5.91 Å². The first-order valence-electron chi connectivity index (χ1n) is 9.52. The highest BCUT2D eigenvalue weighted by Gasteiger charge is 2.25. The number of carbonyl (C=O) groups excluding carboxylic acids is 1. The van der Waals surface area contributed by atoms with Crippen LogP contribution in [0, 0.1) is 12.7 Å². The molecule has 1 aliphatic rings. The molecule has 27 heavy (non-hydrogen) atoms. The zero-order valence-corrected chi connectivity index (χ0v) is 16.1. The number of furan rings is 1. The van der Waals surface area contributed by atoms with Gasteiger partial charge in [0.05, 0.1) is 0 Å². The standard InChI is InChI=1S/C20H27FN4O2/c1-4-19(26)25-9-8-15(12-25)24-20(22-5-2)23-11-18-13(3)16-10-14(21)6-7-17(16)27-18/h6-7,10,15H,4-5,8-9,11-12H2,1-3H3,(H2,22,23,24). The fourth-order valence-electron chi connectivity index (χ4n) is 3.39. The zero-order chi connectivity index (χ0) is 19.4. The number of guanidine groups is 1. The molecule has 0 spiro atoms. The molecule has 1 amide bonds. The second-order valence-corrected chi connectivity index (χ2v) is 6.81. The average Bonchev–Trinajstić information content (AvgIpc) is 3.24. The van der Waals surface area contributed by atoms with Gasteiger partial charge in [-0.05, 0) is 38.5 Å². The summed E-state index contributed by atoms with van der Waals surface area (Å²) < 4.78 is 19.3. The smallest absolute Gasteiger partial charge is 0.222 e. The van der Waals surface area contributed by atoms with Crippen LogP contribution in [0.3, 0.4) is 0 Å². The van der Waals surface area contributed by atoms with E-state index in [1.54, 1.807) is 6.07 Å². The molecule has 1 aromatic heterocycles. The number of aryl methyl sites for hydroxylation is 1. The molecule has 1 atom stereocenters. The van der Waals surface area contributed by atoms with Crippen molar-refractivity contribution in [3.05, 3.63) is 35.3 Å². The van der Waals surface area contributed by atoms with Crippen molar-refractivity contribution in [2.45, 2.75) is 46.2 Å². The maximum Gasteiger partial charge on any atom is 0.222 e. The van der Waals surface area contributed by atoms with E-state index >= 15 is 0 Å². The summed E-state index contributed by atoms with van der Waals surface area (Å²) in [6.07, 6.45) is 1.44. The molecule has 0 radical (unpaired) electrons. The summed E-state index contributed by atoms with van der Waals surface area (Å²) in [6, 6.07) is 4.71. The number of fused-ring (bicyclic) bond motifs is 1. The first-order valence-corrected chi connectivity index (χ1v) is 9.52. The van der Waals surface area contributed by atoms with E-state index in [9.17, 15) is 9.18 Å². The molecular weight excluding hydrogens is 347 g/mol. The van der Waals surface area contributed by atoms with Gasteiger partial charge in [-0.25, -0.2) is 9.38 Å². The molecule has 0 bridgehead atoms. The molecule has 2 aromatic rings. The number of nitrogens with zero attached hydrogens (tertiary/aromatic N) is 2. The quantitative estimate of drug-likeness (QED) is 0.624. The lowest BCUT2D eigenvalue weighted by Gasteiger charge is -2.18. The largest absolute Gasteiger partial charge is 0.459 e. The molecule has 0 aliphatic carbocycles. The molecule has 1 fully saturated rings. The Labute approximate surface area is 158 Å². The van der Waals surface area contributed by atoms with Crippen LogP contribution in [0.1, 0.15) is 38.0 Å². The van der Waals surface area contributed by atoms with Crippen molar-refractivity contribution in [1.82, 2.24) is 15.5 Å². The molecule has 2 heterocycles. The lowest BCUT2D eigenvalue weighted by atomic mass is 10.1. The number of nitrogens with one attached hydrogen (secondary N) is 2. The van der Waals surface area contributed by atoms with Crippen LogP contribution < -0.4 is 10.6 Å². The number of hydrogen-bond acceptors (Lipinski definition) is 3. The van der Waals surface area contributed by atoms with E-state index in [1.165, 1.54) is 12.1 Å². The van der Waals surface area contributed by atoms with Gasteiger partial charge < -0.3 is 20.0 Å². The van der Waals surface area contributed by atoms with Crippen LogP contribution in [0.4, 0.5) is 4.39 Å². The minimum atomic E-state index is -0.274. The molecular formula is C20H27FN4O2. The van der Waals surface area contributed by atoms with E-state index in [4.69, 9.17) is 4.42 Å². The molecule has 1 aromatic carbocycles. The van der Waals surface area contributed by atoms with E-state index in [0.29, 0.717) is 31.1 Å². The van der Waals surface area contributed by atoms with Crippen LogP contribution in [0.5, 0.6) is 0 Å². The first-order chi connectivity index (χ1) is 13.0. The van der Waals surface area contributed by atoms with Gasteiger partial charge >= 0.3 is 0 Å². The van der Waals surface area contributed by atoms with E-state index in [0.717, 1.165) is 36.2 Å². The Morgan fingerprint density at radius 1 is 1.41 bits per heavy atom. The number of halogens is 1. The van der Waals surface area contributed by atoms with Crippen LogP contribution in [0.15, 0.2) is 27.6 Å². The summed E-state index contributed by atoms with van der Waals surface area (Å²) in [5, 5.41) is 7.42. The Kier molecular flexibility index (Phi) is 5.98. The number of carbonyl (C=O) groups is 1. The SMILES string of the molecule is CCNC(=NCc1oc2ccc(F)cc2c1C)NC1CCN(C(=O)CC)C1. The summed E-state index contributed by atoms with van der Waals surface area (Å²) >= 11 is 0. The third-order valence-electron chi connectivity index (χ3n) is 4.91. The molecule has 6 nitrogen and oxygen atoms in total. The molecule has 1 aliphatic heterocycles. The first kappa shape index (κ1) is 19.2. The van der Waals surface area contributed by atoms with Crippen molar-refractivity contribution in [2.24, 2.45) is 4.99 Å². The summed E-state index contributed by atoms with van der Waals surface area (Å²) in [5.41, 5.74) is 1.58. The molecule has 2 N–H and O–H groups in total. The average molecular weight is 374 g/mol. The molecule has 0 saturated carbocycles.